The van der Waals surface area contributed by atoms with E-state index in [9.17, 15) is 0 Å². The van der Waals surface area contributed by atoms with Gasteiger partial charge in [0.2, 0.25) is 0 Å². The molecule has 1 aliphatic carbocycles. The molecule has 3 unspecified atom stereocenters. The molecule has 2 N–H and O–H groups in total. The summed E-state index contributed by atoms with van der Waals surface area (Å²) in [6.45, 7) is 2.50. The highest BCUT2D eigenvalue weighted by molar-refractivity contribution is 9.13. The number of ether oxygens (including phenoxy) is 1. The first kappa shape index (κ1) is 14.5. The Morgan fingerprint density at radius 1 is 1.47 bits per heavy atom. The first-order valence-corrected chi connectivity index (χ1v) is 9.13. The number of halogens is 2. The van der Waals surface area contributed by atoms with Gasteiger partial charge in [0.15, 0.2) is 0 Å². The second-order valence-corrected chi connectivity index (χ2v) is 8.42. The van der Waals surface area contributed by atoms with E-state index in [1.165, 1.54) is 24.1 Å². The Labute approximate surface area is 134 Å². The fourth-order valence-corrected chi connectivity index (χ4v) is 5.51. The predicted octanol–water partition coefficient (Wildman–Crippen LogP) is 3.53. The van der Waals surface area contributed by atoms with Gasteiger partial charge < -0.3 is 10.5 Å². The summed E-state index contributed by atoms with van der Waals surface area (Å²) in [4.78, 5) is 3.92. The first-order valence-electron chi connectivity index (χ1n) is 6.73. The van der Waals surface area contributed by atoms with Crippen LogP contribution in [0.4, 0.5) is 0 Å². The fourth-order valence-electron chi connectivity index (χ4n) is 3.29. The monoisotopic (exact) mass is 408 g/mol. The fraction of sp³-hybridized carbons (Fsp3) is 0.692. The minimum absolute atomic E-state index is 0.321. The van der Waals surface area contributed by atoms with Crippen LogP contribution in [-0.4, -0.2) is 36.7 Å². The van der Waals surface area contributed by atoms with Crippen LogP contribution in [0.5, 0.6) is 0 Å². The van der Waals surface area contributed by atoms with Crippen molar-refractivity contribution in [1.29, 1.82) is 0 Å². The molecule has 0 radical (unpaired) electrons. The zero-order valence-corrected chi connectivity index (χ0v) is 14.6. The van der Waals surface area contributed by atoms with Crippen molar-refractivity contribution in [3.05, 3.63) is 19.2 Å². The SMILES string of the molecule is NCC(c1cc(Br)c(Br)s1)N1CCOC2CCCC21. The van der Waals surface area contributed by atoms with E-state index in [2.05, 4.69) is 42.8 Å². The van der Waals surface area contributed by atoms with Gasteiger partial charge in [-0.25, -0.2) is 0 Å². The quantitative estimate of drug-likeness (QED) is 0.829. The number of hydrogen-bond donors (Lipinski definition) is 1. The molecule has 1 aliphatic heterocycles. The summed E-state index contributed by atoms with van der Waals surface area (Å²) in [6.07, 6.45) is 4.15. The van der Waals surface area contributed by atoms with Gasteiger partial charge in [0.25, 0.3) is 0 Å². The highest BCUT2D eigenvalue weighted by Crippen LogP contribution is 2.40. The molecule has 0 bridgehead atoms. The second kappa shape index (κ2) is 6.12. The molecule has 0 amide bonds. The van der Waals surface area contributed by atoms with E-state index in [4.69, 9.17) is 10.5 Å². The Balaban J connectivity index is 1.84. The zero-order chi connectivity index (χ0) is 13.4. The van der Waals surface area contributed by atoms with Crippen LogP contribution in [-0.2, 0) is 4.74 Å². The summed E-state index contributed by atoms with van der Waals surface area (Å²) in [6, 6.07) is 3.08. The third kappa shape index (κ3) is 2.80. The lowest BCUT2D eigenvalue weighted by Crippen LogP contribution is -2.51. The normalized spacial score (nSPS) is 29.4. The van der Waals surface area contributed by atoms with Crippen LogP contribution >= 0.6 is 43.2 Å². The predicted molar refractivity (Wildman–Crippen MR) is 85.6 cm³/mol. The van der Waals surface area contributed by atoms with Crippen molar-refractivity contribution >= 4 is 43.2 Å². The van der Waals surface area contributed by atoms with Crippen LogP contribution in [0.2, 0.25) is 0 Å². The Hall–Kier alpha value is 0.540. The van der Waals surface area contributed by atoms with Gasteiger partial charge in [0.1, 0.15) is 0 Å². The van der Waals surface area contributed by atoms with Gasteiger partial charge in [0, 0.05) is 28.5 Å². The lowest BCUT2D eigenvalue weighted by Gasteiger charge is -2.42. The van der Waals surface area contributed by atoms with Gasteiger partial charge in [0.05, 0.1) is 22.5 Å². The molecule has 2 heterocycles. The van der Waals surface area contributed by atoms with Crippen molar-refractivity contribution in [1.82, 2.24) is 4.90 Å². The molecule has 3 atom stereocenters. The van der Waals surface area contributed by atoms with Gasteiger partial charge in [-0.2, -0.15) is 0 Å². The van der Waals surface area contributed by atoms with Crippen LogP contribution in [0.3, 0.4) is 0 Å². The van der Waals surface area contributed by atoms with Crippen LogP contribution in [0.1, 0.15) is 30.2 Å². The summed E-state index contributed by atoms with van der Waals surface area (Å²) < 4.78 is 8.17. The molecule has 1 aromatic rings. The molecule has 6 heteroatoms. The molecule has 3 nitrogen and oxygen atoms in total. The van der Waals surface area contributed by atoms with Crippen LogP contribution in [0.15, 0.2) is 14.3 Å². The number of nitrogens with two attached hydrogens (primary N) is 1. The topological polar surface area (TPSA) is 38.5 Å². The number of nitrogens with zero attached hydrogens (tertiary/aromatic N) is 1. The first-order chi connectivity index (χ1) is 9.20. The number of thiophene rings is 1. The smallest absolute Gasteiger partial charge is 0.0843 e. The number of morpholine rings is 1. The molecule has 1 saturated heterocycles. The van der Waals surface area contributed by atoms with E-state index < -0.39 is 0 Å². The number of rotatable bonds is 3. The minimum Gasteiger partial charge on any atom is -0.375 e. The highest BCUT2D eigenvalue weighted by Gasteiger charge is 2.39. The molecule has 19 heavy (non-hydrogen) atoms. The Bertz CT molecular complexity index is 434. The Morgan fingerprint density at radius 3 is 3.00 bits per heavy atom. The van der Waals surface area contributed by atoms with Crippen molar-refractivity contribution in [2.24, 2.45) is 5.73 Å². The van der Waals surface area contributed by atoms with E-state index >= 15 is 0 Å². The van der Waals surface area contributed by atoms with E-state index in [0.29, 0.717) is 24.7 Å². The van der Waals surface area contributed by atoms with Gasteiger partial charge >= 0.3 is 0 Å². The lowest BCUT2D eigenvalue weighted by atomic mass is 10.1. The third-order valence-electron chi connectivity index (χ3n) is 4.14. The van der Waals surface area contributed by atoms with Crippen molar-refractivity contribution in [3.63, 3.8) is 0 Å². The Kier molecular flexibility index (Phi) is 4.66. The van der Waals surface area contributed by atoms with E-state index in [1.54, 1.807) is 11.3 Å². The largest absolute Gasteiger partial charge is 0.375 e. The molecule has 0 spiro atoms. The van der Waals surface area contributed by atoms with Crippen molar-refractivity contribution in [3.8, 4) is 0 Å². The summed E-state index contributed by atoms with van der Waals surface area (Å²) in [5.41, 5.74) is 6.07. The lowest BCUT2D eigenvalue weighted by molar-refractivity contribution is -0.0706. The summed E-state index contributed by atoms with van der Waals surface area (Å²) in [5, 5.41) is 0. The van der Waals surface area contributed by atoms with E-state index in [-0.39, 0.29) is 0 Å². The zero-order valence-electron chi connectivity index (χ0n) is 10.6. The van der Waals surface area contributed by atoms with Crippen molar-refractivity contribution in [2.45, 2.75) is 37.5 Å². The third-order valence-corrected chi connectivity index (χ3v) is 7.50. The summed E-state index contributed by atoms with van der Waals surface area (Å²) in [7, 11) is 0. The van der Waals surface area contributed by atoms with E-state index in [1.807, 2.05) is 0 Å². The molecular weight excluding hydrogens is 392 g/mol. The van der Waals surface area contributed by atoms with Crippen molar-refractivity contribution < 1.29 is 4.74 Å². The van der Waals surface area contributed by atoms with Crippen LogP contribution in [0.25, 0.3) is 0 Å². The molecule has 2 fully saturated rings. The van der Waals surface area contributed by atoms with Gasteiger partial charge in [-0.1, -0.05) is 0 Å². The van der Waals surface area contributed by atoms with Gasteiger partial charge in [-0.05, 0) is 57.2 Å². The summed E-state index contributed by atoms with van der Waals surface area (Å²) >= 11 is 8.94. The molecule has 2 aliphatic rings. The number of fused-ring (bicyclic) bond motifs is 1. The van der Waals surface area contributed by atoms with Crippen LogP contribution in [0, 0.1) is 0 Å². The van der Waals surface area contributed by atoms with Gasteiger partial charge in [-0.15, -0.1) is 11.3 Å². The highest BCUT2D eigenvalue weighted by atomic mass is 79.9. The molecule has 3 rings (SSSR count). The maximum Gasteiger partial charge on any atom is 0.0843 e. The maximum absolute atomic E-state index is 6.07. The molecule has 106 valence electrons. The second-order valence-electron chi connectivity index (χ2n) is 5.17. The summed E-state index contributed by atoms with van der Waals surface area (Å²) in [5.74, 6) is 0. The maximum atomic E-state index is 6.07. The molecular formula is C13H18Br2N2OS. The molecule has 1 aromatic heterocycles. The number of hydrogen-bond acceptors (Lipinski definition) is 4. The van der Waals surface area contributed by atoms with Crippen molar-refractivity contribution in [2.75, 3.05) is 19.7 Å². The molecule has 1 saturated carbocycles. The average molecular weight is 410 g/mol. The van der Waals surface area contributed by atoms with E-state index in [0.717, 1.165) is 21.4 Å². The average Bonchev–Trinajstić information content (AvgIpc) is 2.99. The molecule has 0 aromatic carbocycles. The van der Waals surface area contributed by atoms with Gasteiger partial charge in [-0.3, -0.25) is 4.90 Å². The van der Waals surface area contributed by atoms with Crippen LogP contribution < -0.4 is 5.73 Å². The standard InChI is InChI=1S/C13H18Br2N2OS/c14-8-6-12(19-13(8)15)10(7-16)17-4-5-18-11-3-1-2-9(11)17/h6,9-11H,1-5,7,16H2. The minimum atomic E-state index is 0.321. The Morgan fingerprint density at radius 2 is 2.32 bits per heavy atom.